The Kier molecular flexibility index (Phi) is 6.08. The van der Waals surface area contributed by atoms with E-state index in [1.807, 2.05) is 0 Å². The first kappa shape index (κ1) is 15.9. The van der Waals surface area contributed by atoms with Crippen LogP contribution in [0, 0.1) is 0 Å². The van der Waals surface area contributed by atoms with Crippen LogP contribution in [0.5, 0.6) is 5.75 Å². The highest BCUT2D eigenvalue weighted by atomic mass is 35.5. The topological polar surface area (TPSA) is 49.8 Å². The third-order valence-corrected chi connectivity index (χ3v) is 3.74. The van der Waals surface area contributed by atoms with Crippen LogP contribution in [0.15, 0.2) is 24.3 Å². The first-order valence-electron chi connectivity index (χ1n) is 7.21. The minimum Gasteiger partial charge on any atom is -0.492 e. The lowest BCUT2D eigenvalue weighted by Crippen LogP contribution is -2.21. The zero-order chi connectivity index (χ0) is 15.1. The van der Waals surface area contributed by atoms with Crippen molar-refractivity contribution in [3.63, 3.8) is 0 Å². The van der Waals surface area contributed by atoms with E-state index in [4.69, 9.17) is 21.4 Å². The summed E-state index contributed by atoms with van der Waals surface area (Å²) >= 11 is 6.13. The summed E-state index contributed by atoms with van der Waals surface area (Å²) in [6.07, 6.45) is 6.18. The summed E-state index contributed by atoms with van der Waals surface area (Å²) in [5.74, 6) is -0.334. The minimum absolute atomic E-state index is 0.503. The fourth-order valence-electron chi connectivity index (χ4n) is 2.38. The second kappa shape index (κ2) is 8.05. The highest BCUT2D eigenvalue weighted by Gasteiger charge is 2.10. The Morgan fingerprint density at radius 2 is 2.14 bits per heavy atom. The van der Waals surface area contributed by atoms with E-state index in [0.29, 0.717) is 17.4 Å². The van der Waals surface area contributed by atoms with Crippen molar-refractivity contribution in [1.29, 1.82) is 0 Å². The summed E-state index contributed by atoms with van der Waals surface area (Å²) in [4.78, 5) is 12.9. The average Bonchev–Trinajstić information content (AvgIpc) is 2.96. The van der Waals surface area contributed by atoms with E-state index in [2.05, 4.69) is 4.90 Å². The molecule has 21 heavy (non-hydrogen) atoms. The molecule has 0 aliphatic carbocycles. The average molecular weight is 310 g/mol. The fourth-order valence-corrected chi connectivity index (χ4v) is 2.63. The Labute approximate surface area is 130 Å². The van der Waals surface area contributed by atoms with Crippen LogP contribution in [0.25, 0.3) is 6.08 Å². The Balaban J connectivity index is 1.78. The Morgan fingerprint density at radius 3 is 2.81 bits per heavy atom. The molecular formula is C16H20ClNO3. The van der Waals surface area contributed by atoms with E-state index in [0.717, 1.165) is 24.6 Å². The standard InChI is InChI=1S/C16H20ClNO3/c17-14-12-13(5-7-16(19)20)4-6-15(14)21-11-3-10-18-8-1-2-9-18/h4-7,12H,1-3,8-11H2,(H,19,20). The molecule has 4 nitrogen and oxygen atoms in total. The van der Waals surface area contributed by atoms with Crippen molar-refractivity contribution in [1.82, 2.24) is 4.90 Å². The molecule has 1 N–H and O–H groups in total. The molecule has 114 valence electrons. The van der Waals surface area contributed by atoms with Gasteiger partial charge >= 0.3 is 5.97 Å². The lowest BCUT2D eigenvalue weighted by Gasteiger charge is -2.14. The summed E-state index contributed by atoms with van der Waals surface area (Å²) in [5, 5.41) is 9.09. The second-order valence-electron chi connectivity index (χ2n) is 5.11. The van der Waals surface area contributed by atoms with E-state index in [9.17, 15) is 4.79 Å². The number of hydrogen-bond acceptors (Lipinski definition) is 3. The van der Waals surface area contributed by atoms with Gasteiger partial charge in [0.2, 0.25) is 0 Å². The normalized spacial score (nSPS) is 15.7. The quantitative estimate of drug-likeness (QED) is 0.620. The molecule has 0 radical (unpaired) electrons. The van der Waals surface area contributed by atoms with Gasteiger partial charge in [-0.3, -0.25) is 0 Å². The van der Waals surface area contributed by atoms with Crippen LogP contribution in [0.2, 0.25) is 5.02 Å². The van der Waals surface area contributed by atoms with Gasteiger partial charge in [0, 0.05) is 12.6 Å². The van der Waals surface area contributed by atoms with Gasteiger partial charge in [-0.25, -0.2) is 4.79 Å². The van der Waals surface area contributed by atoms with Crippen LogP contribution in [-0.2, 0) is 4.79 Å². The second-order valence-corrected chi connectivity index (χ2v) is 5.52. The number of hydrogen-bond donors (Lipinski definition) is 1. The minimum atomic E-state index is -0.978. The largest absolute Gasteiger partial charge is 0.492 e. The van der Waals surface area contributed by atoms with Gasteiger partial charge in [0.25, 0.3) is 0 Å². The number of nitrogens with zero attached hydrogens (tertiary/aromatic N) is 1. The van der Waals surface area contributed by atoms with Crippen LogP contribution in [-0.4, -0.2) is 42.2 Å². The summed E-state index contributed by atoms with van der Waals surface area (Å²) in [5.41, 5.74) is 0.742. The zero-order valence-corrected chi connectivity index (χ0v) is 12.7. The first-order chi connectivity index (χ1) is 10.1. The lowest BCUT2D eigenvalue weighted by atomic mass is 10.2. The fraction of sp³-hybridized carbons (Fsp3) is 0.438. The molecule has 0 bridgehead atoms. The van der Waals surface area contributed by atoms with Crippen molar-refractivity contribution < 1.29 is 14.6 Å². The van der Waals surface area contributed by atoms with Gasteiger partial charge in [0.15, 0.2) is 0 Å². The number of carboxylic acid groups (broad SMARTS) is 1. The number of halogens is 1. The maximum Gasteiger partial charge on any atom is 0.328 e. The number of ether oxygens (including phenoxy) is 1. The molecule has 1 aliphatic rings. The molecule has 1 saturated heterocycles. The summed E-state index contributed by atoms with van der Waals surface area (Å²) in [6, 6.07) is 5.28. The van der Waals surface area contributed by atoms with Gasteiger partial charge in [-0.05, 0) is 56.1 Å². The van der Waals surface area contributed by atoms with Gasteiger partial charge in [0.05, 0.1) is 11.6 Å². The molecule has 0 atom stereocenters. The van der Waals surface area contributed by atoms with E-state index >= 15 is 0 Å². The van der Waals surface area contributed by atoms with Crippen LogP contribution in [0.4, 0.5) is 0 Å². The molecule has 0 spiro atoms. The van der Waals surface area contributed by atoms with E-state index in [1.165, 1.54) is 32.0 Å². The van der Waals surface area contributed by atoms with Crippen LogP contribution >= 0.6 is 11.6 Å². The molecule has 2 rings (SSSR count). The summed E-state index contributed by atoms with van der Waals surface area (Å²) in [6.45, 7) is 4.11. The third kappa shape index (κ3) is 5.40. The van der Waals surface area contributed by atoms with Gasteiger partial charge < -0.3 is 14.7 Å². The Bertz CT molecular complexity index is 510. The molecule has 1 aromatic carbocycles. The zero-order valence-electron chi connectivity index (χ0n) is 11.9. The predicted molar refractivity (Wildman–Crippen MR) is 83.9 cm³/mol. The molecular weight excluding hydrogens is 290 g/mol. The maximum atomic E-state index is 10.5. The number of aliphatic carboxylic acids is 1. The summed E-state index contributed by atoms with van der Waals surface area (Å²) in [7, 11) is 0. The SMILES string of the molecule is O=C(O)C=Cc1ccc(OCCCN2CCCC2)c(Cl)c1. The van der Waals surface area contributed by atoms with Crippen molar-refractivity contribution in [2.24, 2.45) is 0 Å². The highest BCUT2D eigenvalue weighted by Crippen LogP contribution is 2.26. The number of carboxylic acids is 1. The molecule has 0 amide bonds. The van der Waals surface area contributed by atoms with Crippen LogP contribution in [0.1, 0.15) is 24.8 Å². The van der Waals surface area contributed by atoms with Crippen molar-refractivity contribution in [2.45, 2.75) is 19.3 Å². The van der Waals surface area contributed by atoms with Crippen molar-refractivity contribution in [3.8, 4) is 5.75 Å². The first-order valence-corrected chi connectivity index (χ1v) is 7.58. The smallest absolute Gasteiger partial charge is 0.328 e. The molecule has 5 heteroatoms. The molecule has 1 aliphatic heterocycles. The maximum absolute atomic E-state index is 10.5. The number of likely N-dealkylation sites (tertiary alicyclic amines) is 1. The van der Waals surface area contributed by atoms with Gasteiger partial charge in [-0.15, -0.1) is 0 Å². The van der Waals surface area contributed by atoms with Crippen molar-refractivity contribution in [2.75, 3.05) is 26.2 Å². The number of benzene rings is 1. The van der Waals surface area contributed by atoms with E-state index in [-0.39, 0.29) is 0 Å². The van der Waals surface area contributed by atoms with Crippen LogP contribution < -0.4 is 4.74 Å². The van der Waals surface area contributed by atoms with Gasteiger partial charge in [-0.1, -0.05) is 17.7 Å². The van der Waals surface area contributed by atoms with Crippen molar-refractivity contribution >= 4 is 23.6 Å². The highest BCUT2D eigenvalue weighted by molar-refractivity contribution is 6.32. The number of carbonyl (C=O) groups is 1. The van der Waals surface area contributed by atoms with Crippen LogP contribution in [0.3, 0.4) is 0 Å². The monoisotopic (exact) mass is 309 g/mol. The third-order valence-electron chi connectivity index (χ3n) is 3.45. The molecule has 1 aromatic rings. The number of rotatable bonds is 7. The molecule has 1 heterocycles. The summed E-state index contributed by atoms with van der Waals surface area (Å²) < 4.78 is 5.68. The van der Waals surface area contributed by atoms with Crippen molar-refractivity contribution in [3.05, 3.63) is 34.9 Å². The Morgan fingerprint density at radius 1 is 1.38 bits per heavy atom. The molecule has 1 fully saturated rings. The molecule has 0 saturated carbocycles. The van der Waals surface area contributed by atoms with E-state index < -0.39 is 5.97 Å². The Hall–Kier alpha value is -1.52. The van der Waals surface area contributed by atoms with Gasteiger partial charge in [-0.2, -0.15) is 0 Å². The van der Waals surface area contributed by atoms with E-state index in [1.54, 1.807) is 18.2 Å². The molecule has 0 aromatic heterocycles. The predicted octanol–water partition coefficient (Wildman–Crippen LogP) is 3.30. The van der Waals surface area contributed by atoms with Gasteiger partial charge in [0.1, 0.15) is 5.75 Å². The lowest BCUT2D eigenvalue weighted by molar-refractivity contribution is -0.131. The molecule has 0 unspecified atom stereocenters.